The molecule has 276 valence electrons. The number of anilines is 3. The van der Waals surface area contributed by atoms with Crippen LogP contribution in [0.25, 0.3) is 98.8 Å². The molecule has 0 aliphatic rings. The minimum atomic E-state index is 0.858. The van der Waals surface area contributed by atoms with Crippen molar-refractivity contribution in [2.75, 3.05) is 4.90 Å². The molecule has 12 aromatic rings. The summed E-state index contributed by atoms with van der Waals surface area (Å²) in [4.78, 5) is 2.37. The van der Waals surface area contributed by atoms with Gasteiger partial charge in [-0.05, 0) is 110 Å². The maximum absolute atomic E-state index is 6.70. The van der Waals surface area contributed by atoms with Crippen LogP contribution >= 0.6 is 0 Å². The zero-order chi connectivity index (χ0) is 38.9. The molecule has 0 fully saturated rings. The Labute approximate surface area is 340 Å². The second-order valence-corrected chi connectivity index (χ2v) is 15.2. The van der Waals surface area contributed by atoms with Gasteiger partial charge in [0, 0.05) is 32.9 Å². The molecule has 0 aliphatic carbocycles. The second kappa shape index (κ2) is 13.4. The number of benzene rings is 10. The highest BCUT2D eigenvalue weighted by atomic mass is 16.3. The fraction of sp³-hybridized carbons (Fsp3) is 0. The van der Waals surface area contributed by atoms with Gasteiger partial charge in [-0.15, -0.1) is 0 Å². The Kier molecular flexibility index (Phi) is 7.54. The first-order valence-electron chi connectivity index (χ1n) is 20.1. The summed E-state index contributed by atoms with van der Waals surface area (Å²) in [5.41, 5.74) is 13.8. The fourth-order valence-electron chi connectivity index (χ4n) is 9.09. The molecule has 2 aromatic heterocycles. The summed E-state index contributed by atoms with van der Waals surface area (Å²) in [6, 6.07) is 75.8. The average Bonchev–Trinajstić information content (AvgIpc) is 3.88. The van der Waals surface area contributed by atoms with Crippen molar-refractivity contribution in [2.24, 2.45) is 0 Å². The van der Waals surface area contributed by atoms with Crippen molar-refractivity contribution >= 4 is 82.5 Å². The van der Waals surface area contributed by atoms with E-state index in [0.29, 0.717) is 0 Å². The molecule has 0 N–H and O–H groups in total. The number of nitrogens with zero attached hydrogens (tertiary/aromatic N) is 1. The molecule has 2 heterocycles. The van der Waals surface area contributed by atoms with E-state index in [1.165, 1.54) is 33.0 Å². The lowest BCUT2D eigenvalue weighted by atomic mass is 9.91. The molecule has 3 nitrogen and oxygen atoms in total. The van der Waals surface area contributed by atoms with Crippen LogP contribution in [0.5, 0.6) is 0 Å². The van der Waals surface area contributed by atoms with Gasteiger partial charge in [0.15, 0.2) is 0 Å². The van der Waals surface area contributed by atoms with Crippen LogP contribution in [0.15, 0.2) is 221 Å². The molecule has 0 bridgehead atoms. The SMILES string of the molecule is c1ccc(-c2cccc3cccc(-c4ccc(N(c5ccc(-c6ccc7oc8ccccc8c7c6)cc5)c5cccc6oc7c8ccccc8ccc7c56)cc4)c23)cc1. The van der Waals surface area contributed by atoms with E-state index in [-0.39, 0.29) is 0 Å². The van der Waals surface area contributed by atoms with Gasteiger partial charge in [0.25, 0.3) is 0 Å². The van der Waals surface area contributed by atoms with Crippen LogP contribution in [0.2, 0.25) is 0 Å². The van der Waals surface area contributed by atoms with Crippen LogP contribution in [-0.4, -0.2) is 0 Å². The number of para-hydroxylation sites is 1. The summed E-state index contributed by atoms with van der Waals surface area (Å²) in [6.45, 7) is 0. The van der Waals surface area contributed by atoms with Crippen LogP contribution in [-0.2, 0) is 0 Å². The first kappa shape index (κ1) is 33.3. The Morgan fingerprint density at radius 2 is 0.898 bits per heavy atom. The van der Waals surface area contributed by atoms with Crippen LogP contribution < -0.4 is 4.90 Å². The van der Waals surface area contributed by atoms with E-state index < -0.39 is 0 Å². The van der Waals surface area contributed by atoms with Gasteiger partial charge in [-0.1, -0.05) is 152 Å². The highest BCUT2D eigenvalue weighted by molar-refractivity contribution is 6.19. The smallest absolute Gasteiger partial charge is 0.143 e. The summed E-state index contributed by atoms with van der Waals surface area (Å²) < 4.78 is 12.8. The number of hydrogen-bond acceptors (Lipinski definition) is 3. The number of hydrogen-bond donors (Lipinski definition) is 0. The van der Waals surface area contributed by atoms with E-state index in [9.17, 15) is 0 Å². The number of rotatable bonds is 6. The van der Waals surface area contributed by atoms with Gasteiger partial charge in [0.1, 0.15) is 22.3 Å². The van der Waals surface area contributed by atoms with Crippen molar-refractivity contribution in [3.8, 4) is 33.4 Å². The Balaban J connectivity index is 1.02. The number of fused-ring (bicyclic) bond motifs is 9. The molecule has 0 amide bonds. The summed E-state index contributed by atoms with van der Waals surface area (Å²) in [5.74, 6) is 0. The van der Waals surface area contributed by atoms with Gasteiger partial charge in [0.2, 0.25) is 0 Å². The van der Waals surface area contributed by atoms with E-state index in [4.69, 9.17) is 8.83 Å². The van der Waals surface area contributed by atoms with Crippen molar-refractivity contribution in [3.63, 3.8) is 0 Å². The second-order valence-electron chi connectivity index (χ2n) is 15.2. The molecule has 0 saturated heterocycles. The minimum Gasteiger partial charge on any atom is -0.456 e. The summed E-state index contributed by atoms with van der Waals surface area (Å²) >= 11 is 0. The Morgan fingerprint density at radius 3 is 1.68 bits per heavy atom. The maximum atomic E-state index is 6.70. The average molecular weight is 754 g/mol. The van der Waals surface area contributed by atoms with Crippen molar-refractivity contribution in [3.05, 3.63) is 212 Å². The van der Waals surface area contributed by atoms with Crippen LogP contribution in [0, 0.1) is 0 Å². The van der Waals surface area contributed by atoms with Gasteiger partial charge >= 0.3 is 0 Å². The molecule has 0 atom stereocenters. The fourth-order valence-corrected chi connectivity index (χ4v) is 9.09. The van der Waals surface area contributed by atoms with Crippen molar-refractivity contribution in [1.82, 2.24) is 0 Å². The molecule has 12 rings (SSSR count). The summed E-state index contributed by atoms with van der Waals surface area (Å²) in [6.07, 6.45) is 0. The van der Waals surface area contributed by atoms with E-state index in [2.05, 4.69) is 205 Å². The number of furan rings is 2. The Hall–Kier alpha value is -7.88. The predicted molar refractivity (Wildman–Crippen MR) is 247 cm³/mol. The highest BCUT2D eigenvalue weighted by Gasteiger charge is 2.21. The monoisotopic (exact) mass is 753 g/mol. The quantitative estimate of drug-likeness (QED) is 0.169. The molecule has 3 heteroatoms. The lowest BCUT2D eigenvalue weighted by molar-refractivity contribution is 0.669. The van der Waals surface area contributed by atoms with Gasteiger partial charge in [-0.3, -0.25) is 0 Å². The molecular formula is C56H35NO2. The molecule has 0 spiro atoms. The van der Waals surface area contributed by atoms with Crippen LogP contribution in [0.4, 0.5) is 17.1 Å². The van der Waals surface area contributed by atoms with Crippen molar-refractivity contribution in [2.45, 2.75) is 0 Å². The molecule has 59 heavy (non-hydrogen) atoms. The van der Waals surface area contributed by atoms with Crippen LogP contribution in [0.3, 0.4) is 0 Å². The first-order valence-corrected chi connectivity index (χ1v) is 20.1. The molecular weight excluding hydrogens is 719 g/mol. The standard InChI is InChI=1S/C56H35NO2/c1-2-11-37(12-3-1)44-18-8-14-40-15-9-19-45(54(40)44)39-25-31-43(32-26-39)57(50-20-10-22-53-55(50)48-33-27-38-13-4-5-16-46(38)56(48)59-53)42-29-23-36(24-30-42)41-28-34-52-49(35-41)47-17-6-7-21-51(47)58-52/h1-35H. The Bertz CT molecular complexity index is 3540. The lowest BCUT2D eigenvalue weighted by Gasteiger charge is -2.27. The van der Waals surface area contributed by atoms with E-state index >= 15 is 0 Å². The molecule has 0 radical (unpaired) electrons. The molecule has 0 aliphatic heterocycles. The van der Waals surface area contributed by atoms with E-state index in [1.54, 1.807) is 0 Å². The van der Waals surface area contributed by atoms with Gasteiger partial charge in [0.05, 0.1) is 11.1 Å². The maximum Gasteiger partial charge on any atom is 0.143 e. The van der Waals surface area contributed by atoms with Gasteiger partial charge < -0.3 is 13.7 Å². The largest absolute Gasteiger partial charge is 0.456 e. The lowest BCUT2D eigenvalue weighted by Crippen LogP contribution is -2.10. The Morgan fingerprint density at radius 1 is 0.305 bits per heavy atom. The molecule has 0 saturated carbocycles. The van der Waals surface area contributed by atoms with Gasteiger partial charge in [-0.2, -0.15) is 0 Å². The zero-order valence-electron chi connectivity index (χ0n) is 32.0. The van der Waals surface area contributed by atoms with Crippen molar-refractivity contribution < 1.29 is 8.83 Å². The topological polar surface area (TPSA) is 29.5 Å². The highest BCUT2D eigenvalue weighted by Crippen LogP contribution is 2.46. The van der Waals surface area contributed by atoms with Gasteiger partial charge in [-0.25, -0.2) is 0 Å². The third-order valence-corrected chi connectivity index (χ3v) is 11.9. The van der Waals surface area contributed by atoms with E-state index in [1.807, 2.05) is 12.1 Å². The van der Waals surface area contributed by atoms with Crippen molar-refractivity contribution in [1.29, 1.82) is 0 Å². The third kappa shape index (κ3) is 5.44. The summed E-state index contributed by atoms with van der Waals surface area (Å²) in [7, 11) is 0. The predicted octanol–water partition coefficient (Wildman–Crippen LogP) is 16.3. The minimum absolute atomic E-state index is 0.858. The normalized spacial score (nSPS) is 11.7. The first-order chi connectivity index (χ1) is 29.2. The molecule has 0 unspecified atom stereocenters. The van der Waals surface area contributed by atoms with E-state index in [0.717, 1.165) is 82.8 Å². The van der Waals surface area contributed by atoms with Crippen LogP contribution in [0.1, 0.15) is 0 Å². The summed E-state index contributed by atoms with van der Waals surface area (Å²) in [5, 5.41) is 9.18. The third-order valence-electron chi connectivity index (χ3n) is 11.9. The zero-order valence-corrected chi connectivity index (χ0v) is 32.0. The molecule has 10 aromatic carbocycles.